The van der Waals surface area contributed by atoms with E-state index in [1.165, 1.54) is 0 Å². The quantitative estimate of drug-likeness (QED) is 0.587. The van der Waals surface area contributed by atoms with Gasteiger partial charge in [-0.1, -0.05) is 13.8 Å². The number of nitrogens with zero attached hydrogens (tertiary/aromatic N) is 1. The molecule has 0 aliphatic rings. The Morgan fingerprint density at radius 2 is 1.50 bits per heavy atom. The van der Waals surface area contributed by atoms with Crippen molar-refractivity contribution in [2.24, 2.45) is 0 Å². The number of rotatable bonds is 5. The molecule has 0 rings (SSSR count). The average Bonchev–Trinajstić information content (AvgIpc) is 2.00. The zero-order valence-electron chi connectivity index (χ0n) is 6.62. The Kier molecular flexibility index (Phi) is 6.24. The molecule has 0 atom stereocenters. The molecule has 0 radical (unpaired) electrons. The fourth-order valence-electron chi connectivity index (χ4n) is 0.847. The molecule has 62 valence electrons. The molecule has 0 saturated carbocycles. The maximum absolute atomic E-state index is 8.79. The van der Waals surface area contributed by atoms with Crippen LogP contribution >= 0.6 is 8.07 Å². The molecule has 0 aliphatic heterocycles. The fourth-order valence-corrected chi connectivity index (χ4v) is 2.09. The second-order valence-corrected chi connectivity index (χ2v) is 4.07. The Bertz CT molecular complexity index is 64.1. The minimum absolute atomic E-state index is 0.105. The van der Waals surface area contributed by atoms with Gasteiger partial charge in [0.15, 0.2) is 0 Å². The summed E-state index contributed by atoms with van der Waals surface area (Å²) in [4.78, 5) is 0. The van der Waals surface area contributed by atoms with Crippen molar-refractivity contribution in [2.75, 3.05) is 25.8 Å². The first kappa shape index (κ1) is 10.3. The molecule has 0 aromatic heterocycles. The molecule has 0 unspecified atom stereocenters. The number of aliphatic hydroxyl groups is 2. The monoisotopic (exact) mass is 165 g/mol. The van der Waals surface area contributed by atoms with Gasteiger partial charge in [-0.3, -0.25) is 4.67 Å². The van der Waals surface area contributed by atoms with Crippen molar-refractivity contribution in [2.45, 2.75) is 13.8 Å². The van der Waals surface area contributed by atoms with Crippen LogP contribution < -0.4 is 0 Å². The van der Waals surface area contributed by atoms with Gasteiger partial charge in [-0.2, -0.15) is 0 Å². The molecule has 0 heterocycles. The largest absolute Gasteiger partial charge is 0.390 e. The molecule has 0 fully saturated rings. The van der Waals surface area contributed by atoms with E-state index in [2.05, 4.69) is 4.67 Å². The zero-order valence-corrected chi connectivity index (χ0v) is 7.51. The molecule has 0 aliphatic carbocycles. The molecular formula is C6H16NO2P. The predicted octanol–water partition coefficient (Wildman–Crippen LogP) is 0.625. The summed E-state index contributed by atoms with van der Waals surface area (Å²) in [6, 6.07) is 0. The van der Waals surface area contributed by atoms with Crippen LogP contribution in [0.2, 0.25) is 0 Å². The van der Waals surface area contributed by atoms with Gasteiger partial charge in [0, 0.05) is 8.07 Å². The van der Waals surface area contributed by atoms with Gasteiger partial charge in [-0.05, 0) is 13.1 Å². The minimum Gasteiger partial charge on any atom is -0.390 e. The summed E-state index contributed by atoms with van der Waals surface area (Å²) >= 11 is 0. The van der Waals surface area contributed by atoms with E-state index in [-0.39, 0.29) is 12.7 Å². The van der Waals surface area contributed by atoms with Gasteiger partial charge in [0.1, 0.15) is 0 Å². The zero-order chi connectivity index (χ0) is 7.98. The van der Waals surface area contributed by atoms with Crippen LogP contribution in [0.4, 0.5) is 0 Å². The molecule has 0 aromatic rings. The highest BCUT2D eigenvalue weighted by atomic mass is 31.1. The molecule has 0 spiro atoms. The second kappa shape index (κ2) is 6.05. The fraction of sp³-hybridized carbons (Fsp3) is 1.00. The summed E-state index contributed by atoms with van der Waals surface area (Å²) in [6.45, 7) is 5.88. The van der Waals surface area contributed by atoms with Crippen LogP contribution in [0.15, 0.2) is 0 Å². The van der Waals surface area contributed by atoms with Crippen molar-refractivity contribution in [1.29, 1.82) is 0 Å². The van der Waals surface area contributed by atoms with E-state index in [0.29, 0.717) is 0 Å². The topological polar surface area (TPSA) is 43.7 Å². The van der Waals surface area contributed by atoms with Crippen LogP contribution in [0, 0.1) is 0 Å². The first-order valence-corrected chi connectivity index (χ1v) is 5.18. The Balaban J connectivity index is 3.70. The van der Waals surface area contributed by atoms with Crippen molar-refractivity contribution in [3.05, 3.63) is 0 Å². The Hall–Kier alpha value is 0.310. The van der Waals surface area contributed by atoms with Gasteiger partial charge in [-0.15, -0.1) is 0 Å². The third kappa shape index (κ3) is 2.93. The third-order valence-corrected chi connectivity index (χ3v) is 3.48. The van der Waals surface area contributed by atoms with E-state index in [0.717, 1.165) is 13.1 Å². The lowest BCUT2D eigenvalue weighted by molar-refractivity contribution is 0.323. The minimum atomic E-state index is -0.675. The van der Waals surface area contributed by atoms with Gasteiger partial charge in [-0.25, -0.2) is 0 Å². The molecule has 10 heavy (non-hydrogen) atoms. The van der Waals surface area contributed by atoms with E-state index in [4.69, 9.17) is 10.2 Å². The van der Waals surface area contributed by atoms with Crippen LogP contribution in [0.5, 0.6) is 0 Å². The van der Waals surface area contributed by atoms with Crippen LogP contribution in [-0.2, 0) is 0 Å². The van der Waals surface area contributed by atoms with Gasteiger partial charge in [0.05, 0.1) is 12.7 Å². The lowest BCUT2D eigenvalue weighted by atomic mass is 10.7. The van der Waals surface area contributed by atoms with Crippen LogP contribution in [-0.4, -0.2) is 40.7 Å². The molecular weight excluding hydrogens is 149 g/mol. The Labute approximate surface area is 63.5 Å². The highest BCUT2D eigenvalue weighted by Gasteiger charge is 2.11. The molecule has 3 nitrogen and oxygen atoms in total. The van der Waals surface area contributed by atoms with Crippen molar-refractivity contribution in [3.8, 4) is 0 Å². The molecule has 0 amide bonds. The summed E-state index contributed by atoms with van der Waals surface area (Å²) in [5, 5.41) is 17.6. The van der Waals surface area contributed by atoms with Gasteiger partial charge >= 0.3 is 0 Å². The third-order valence-electron chi connectivity index (χ3n) is 1.46. The number of hydrogen-bond donors (Lipinski definition) is 2. The van der Waals surface area contributed by atoms with Crippen LogP contribution in [0.3, 0.4) is 0 Å². The summed E-state index contributed by atoms with van der Waals surface area (Å²) in [6.07, 6.45) is 0.209. The average molecular weight is 165 g/mol. The standard InChI is InChI=1S/C6H16NO2P/c1-3-7(4-2)10(5-8)6-9/h8-9H,3-6H2,1-2H3. The summed E-state index contributed by atoms with van der Waals surface area (Å²) in [5.41, 5.74) is 0. The van der Waals surface area contributed by atoms with Crippen molar-refractivity contribution < 1.29 is 10.2 Å². The maximum Gasteiger partial charge on any atom is 0.0782 e. The van der Waals surface area contributed by atoms with Crippen molar-refractivity contribution >= 4 is 8.07 Å². The lowest BCUT2D eigenvalue weighted by Crippen LogP contribution is -2.19. The molecule has 2 N–H and O–H groups in total. The highest BCUT2D eigenvalue weighted by Crippen LogP contribution is 2.36. The first-order valence-electron chi connectivity index (χ1n) is 3.51. The Morgan fingerprint density at radius 3 is 1.60 bits per heavy atom. The summed E-state index contributed by atoms with van der Waals surface area (Å²) < 4.78 is 2.09. The number of hydrogen-bond acceptors (Lipinski definition) is 3. The maximum atomic E-state index is 8.79. The van der Waals surface area contributed by atoms with Crippen molar-refractivity contribution in [1.82, 2.24) is 4.67 Å². The lowest BCUT2D eigenvalue weighted by Gasteiger charge is -2.25. The van der Waals surface area contributed by atoms with E-state index in [9.17, 15) is 0 Å². The van der Waals surface area contributed by atoms with E-state index < -0.39 is 8.07 Å². The Morgan fingerprint density at radius 1 is 1.10 bits per heavy atom. The summed E-state index contributed by atoms with van der Waals surface area (Å²) in [7, 11) is -0.675. The van der Waals surface area contributed by atoms with Gasteiger partial charge in [0.25, 0.3) is 0 Å². The van der Waals surface area contributed by atoms with E-state index in [1.807, 2.05) is 13.8 Å². The van der Waals surface area contributed by atoms with Crippen LogP contribution in [0.1, 0.15) is 13.8 Å². The van der Waals surface area contributed by atoms with E-state index >= 15 is 0 Å². The molecule has 0 saturated heterocycles. The van der Waals surface area contributed by atoms with Gasteiger partial charge in [0.2, 0.25) is 0 Å². The molecule has 4 heteroatoms. The van der Waals surface area contributed by atoms with Crippen LogP contribution in [0.25, 0.3) is 0 Å². The predicted molar refractivity (Wildman–Crippen MR) is 44.0 cm³/mol. The highest BCUT2D eigenvalue weighted by molar-refractivity contribution is 7.54. The second-order valence-electron chi connectivity index (χ2n) is 1.93. The molecule has 0 aromatic carbocycles. The van der Waals surface area contributed by atoms with E-state index in [1.54, 1.807) is 0 Å². The SMILES string of the molecule is CCN(CC)P(CO)CO. The normalized spacial score (nSPS) is 11.4. The van der Waals surface area contributed by atoms with Gasteiger partial charge < -0.3 is 10.2 Å². The molecule has 0 bridgehead atoms. The smallest absolute Gasteiger partial charge is 0.0782 e. The first-order chi connectivity index (χ1) is 4.79. The number of aliphatic hydroxyl groups excluding tert-OH is 2. The van der Waals surface area contributed by atoms with Crippen molar-refractivity contribution in [3.63, 3.8) is 0 Å². The summed E-state index contributed by atoms with van der Waals surface area (Å²) in [5.74, 6) is 0.